The molecule has 9 nitrogen and oxygen atoms in total. The standard InChI is InChI=1S/C19H19N3O6/c1-11(21-22-19(28)13-8-15(23)10-16(24)9-13)12-3-2-4-14(7-12)20-17(25)5-6-18(26)27/h2-4,7-10,23-24H,5-6H2,1H3,(H,20,25)(H,22,28)(H,26,27)/b21-11-. The van der Waals surface area contributed by atoms with Crippen LogP contribution in [0.25, 0.3) is 0 Å². The van der Waals surface area contributed by atoms with Crippen molar-refractivity contribution in [2.75, 3.05) is 5.32 Å². The topological polar surface area (TPSA) is 148 Å². The highest BCUT2D eigenvalue weighted by Gasteiger charge is 2.09. The Morgan fingerprint density at radius 3 is 2.29 bits per heavy atom. The highest BCUT2D eigenvalue weighted by molar-refractivity contribution is 6.02. The van der Waals surface area contributed by atoms with Gasteiger partial charge >= 0.3 is 5.97 Å². The lowest BCUT2D eigenvalue weighted by atomic mass is 10.1. The van der Waals surface area contributed by atoms with E-state index in [4.69, 9.17) is 5.11 Å². The van der Waals surface area contributed by atoms with Crippen molar-refractivity contribution in [1.29, 1.82) is 0 Å². The molecule has 2 amide bonds. The molecule has 2 aromatic carbocycles. The Bertz CT molecular complexity index is 919. The number of carboxylic acid groups (broad SMARTS) is 1. The Morgan fingerprint density at radius 1 is 0.964 bits per heavy atom. The van der Waals surface area contributed by atoms with Crippen molar-refractivity contribution < 1.29 is 29.7 Å². The van der Waals surface area contributed by atoms with Crippen molar-refractivity contribution in [3.8, 4) is 11.5 Å². The van der Waals surface area contributed by atoms with Crippen molar-refractivity contribution in [1.82, 2.24) is 5.43 Å². The van der Waals surface area contributed by atoms with Crippen LogP contribution in [0.3, 0.4) is 0 Å². The maximum atomic E-state index is 12.1. The lowest BCUT2D eigenvalue weighted by Gasteiger charge is -2.08. The first-order valence-electron chi connectivity index (χ1n) is 8.24. The zero-order valence-electron chi connectivity index (χ0n) is 15.0. The van der Waals surface area contributed by atoms with Crippen molar-refractivity contribution in [2.45, 2.75) is 19.8 Å². The van der Waals surface area contributed by atoms with E-state index in [-0.39, 0.29) is 29.9 Å². The van der Waals surface area contributed by atoms with Gasteiger partial charge in [0.15, 0.2) is 0 Å². The van der Waals surface area contributed by atoms with Gasteiger partial charge in [0.25, 0.3) is 5.91 Å². The molecule has 5 N–H and O–H groups in total. The first kappa shape index (κ1) is 20.4. The van der Waals surface area contributed by atoms with E-state index < -0.39 is 17.8 Å². The number of benzene rings is 2. The molecule has 146 valence electrons. The number of phenols is 2. The lowest BCUT2D eigenvalue weighted by Crippen LogP contribution is -2.19. The van der Waals surface area contributed by atoms with E-state index in [9.17, 15) is 24.6 Å². The molecule has 0 spiro atoms. The Hall–Kier alpha value is -3.88. The molecule has 0 saturated carbocycles. The maximum Gasteiger partial charge on any atom is 0.303 e. The van der Waals surface area contributed by atoms with Crippen LogP contribution in [0.1, 0.15) is 35.7 Å². The number of rotatable bonds is 7. The molecule has 0 bridgehead atoms. The minimum atomic E-state index is -1.05. The summed E-state index contributed by atoms with van der Waals surface area (Å²) in [6, 6.07) is 10.1. The van der Waals surface area contributed by atoms with Gasteiger partial charge in [-0.25, -0.2) is 5.43 Å². The molecule has 2 aromatic rings. The number of phenolic OH excluding ortho intramolecular Hbond substituents is 2. The van der Waals surface area contributed by atoms with Gasteiger partial charge in [0, 0.05) is 23.7 Å². The Morgan fingerprint density at radius 2 is 1.64 bits per heavy atom. The summed E-state index contributed by atoms with van der Waals surface area (Å²) in [5.74, 6) is -2.60. The number of amides is 2. The fraction of sp³-hybridized carbons (Fsp3) is 0.158. The number of carbonyl (C=O) groups is 3. The van der Waals surface area contributed by atoms with E-state index in [1.54, 1.807) is 31.2 Å². The van der Waals surface area contributed by atoms with Crippen LogP contribution in [0.4, 0.5) is 5.69 Å². The minimum Gasteiger partial charge on any atom is -0.508 e. The van der Waals surface area contributed by atoms with Gasteiger partial charge in [0.05, 0.1) is 12.1 Å². The van der Waals surface area contributed by atoms with Crippen LogP contribution < -0.4 is 10.7 Å². The highest BCUT2D eigenvalue weighted by Crippen LogP contribution is 2.20. The summed E-state index contributed by atoms with van der Waals surface area (Å²) in [5, 5.41) is 34.0. The van der Waals surface area contributed by atoms with Gasteiger partial charge in [-0.05, 0) is 36.8 Å². The molecule has 0 aliphatic heterocycles. The van der Waals surface area contributed by atoms with Crippen molar-refractivity contribution >= 4 is 29.2 Å². The van der Waals surface area contributed by atoms with E-state index in [0.717, 1.165) is 6.07 Å². The van der Waals surface area contributed by atoms with Crippen LogP contribution in [0, 0.1) is 0 Å². The number of nitrogens with one attached hydrogen (secondary N) is 2. The number of hydrogen-bond acceptors (Lipinski definition) is 6. The van der Waals surface area contributed by atoms with Crippen LogP contribution in [-0.4, -0.2) is 38.8 Å². The molecule has 0 saturated heterocycles. The summed E-state index contributed by atoms with van der Waals surface area (Å²) in [6.07, 6.45) is -0.401. The summed E-state index contributed by atoms with van der Waals surface area (Å²) in [4.78, 5) is 34.3. The summed E-state index contributed by atoms with van der Waals surface area (Å²) in [6.45, 7) is 1.64. The van der Waals surface area contributed by atoms with E-state index in [0.29, 0.717) is 17.0 Å². The lowest BCUT2D eigenvalue weighted by molar-refractivity contribution is -0.138. The van der Waals surface area contributed by atoms with Gasteiger partial charge in [-0.1, -0.05) is 12.1 Å². The molecule has 0 unspecified atom stereocenters. The van der Waals surface area contributed by atoms with Gasteiger partial charge in [-0.2, -0.15) is 5.10 Å². The second kappa shape index (κ2) is 9.17. The molecule has 9 heteroatoms. The van der Waals surface area contributed by atoms with Crippen LogP contribution in [-0.2, 0) is 9.59 Å². The molecule has 2 rings (SSSR count). The van der Waals surface area contributed by atoms with Crippen LogP contribution in [0.5, 0.6) is 11.5 Å². The third-order valence-corrected chi connectivity index (χ3v) is 3.62. The minimum absolute atomic E-state index is 0.0356. The largest absolute Gasteiger partial charge is 0.508 e. The molecule has 0 atom stereocenters. The molecular formula is C19H19N3O6. The fourth-order valence-corrected chi connectivity index (χ4v) is 2.26. The summed E-state index contributed by atoms with van der Waals surface area (Å²) >= 11 is 0. The monoisotopic (exact) mass is 385 g/mol. The molecule has 28 heavy (non-hydrogen) atoms. The number of hydrogen-bond donors (Lipinski definition) is 5. The number of anilines is 1. The zero-order valence-corrected chi connectivity index (χ0v) is 15.0. The average Bonchev–Trinajstić information content (AvgIpc) is 2.63. The molecule has 0 aliphatic rings. The molecule has 0 radical (unpaired) electrons. The third-order valence-electron chi connectivity index (χ3n) is 3.62. The van der Waals surface area contributed by atoms with Gasteiger partial charge < -0.3 is 20.6 Å². The smallest absolute Gasteiger partial charge is 0.303 e. The van der Waals surface area contributed by atoms with E-state index in [1.165, 1.54) is 12.1 Å². The Labute approximate surface area is 160 Å². The van der Waals surface area contributed by atoms with Crippen LogP contribution in [0.2, 0.25) is 0 Å². The second-order valence-corrected chi connectivity index (χ2v) is 5.90. The predicted octanol–water partition coefficient (Wildman–Crippen LogP) is 2.06. The number of nitrogens with zero attached hydrogens (tertiary/aromatic N) is 1. The van der Waals surface area contributed by atoms with Crippen LogP contribution >= 0.6 is 0 Å². The number of carbonyl (C=O) groups excluding carboxylic acids is 2. The quantitative estimate of drug-likeness (QED) is 0.364. The van der Waals surface area contributed by atoms with E-state index >= 15 is 0 Å². The maximum absolute atomic E-state index is 12.1. The SMILES string of the molecule is C/C(=N/NC(=O)c1cc(O)cc(O)c1)c1cccc(NC(=O)CCC(=O)O)c1. The van der Waals surface area contributed by atoms with Crippen molar-refractivity contribution in [2.24, 2.45) is 5.10 Å². The number of hydrazone groups is 1. The first-order chi connectivity index (χ1) is 13.2. The predicted molar refractivity (Wildman–Crippen MR) is 101 cm³/mol. The van der Waals surface area contributed by atoms with Crippen molar-refractivity contribution in [3.05, 3.63) is 53.6 Å². The van der Waals surface area contributed by atoms with Gasteiger partial charge in [0.1, 0.15) is 11.5 Å². The van der Waals surface area contributed by atoms with E-state index in [2.05, 4.69) is 15.8 Å². The number of carboxylic acids is 1. The van der Waals surface area contributed by atoms with Crippen molar-refractivity contribution in [3.63, 3.8) is 0 Å². The molecule has 0 aromatic heterocycles. The Balaban J connectivity index is 2.05. The molecule has 0 aliphatic carbocycles. The zero-order chi connectivity index (χ0) is 20.7. The van der Waals surface area contributed by atoms with Gasteiger partial charge in [0.2, 0.25) is 5.91 Å². The van der Waals surface area contributed by atoms with Gasteiger partial charge in [-0.3, -0.25) is 14.4 Å². The Kier molecular flexibility index (Phi) is 6.69. The molecule has 0 heterocycles. The highest BCUT2D eigenvalue weighted by atomic mass is 16.4. The first-order valence-corrected chi connectivity index (χ1v) is 8.24. The summed E-state index contributed by atoms with van der Waals surface area (Å²) in [5.41, 5.74) is 3.88. The normalized spacial score (nSPS) is 11.0. The molecule has 0 fully saturated rings. The van der Waals surface area contributed by atoms with Crippen LogP contribution in [0.15, 0.2) is 47.6 Å². The average molecular weight is 385 g/mol. The third kappa shape index (κ3) is 6.13. The summed E-state index contributed by atoms with van der Waals surface area (Å²) < 4.78 is 0. The number of aliphatic carboxylic acids is 1. The molecular weight excluding hydrogens is 366 g/mol. The summed E-state index contributed by atoms with van der Waals surface area (Å²) in [7, 11) is 0. The van der Waals surface area contributed by atoms with E-state index in [1.807, 2.05) is 0 Å². The fourth-order valence-electron chi connectivity index (χ4n) is 2.26. The number of aromatic hydroxyl groups is 2. The van der Waals surface area contributed by atoms with Gasteiger partial charge in [-0.15, -0.1) is 0 Å². The second-order valence-electron chi connectivity index (χ2n) is 5.90.